The zero-order valence-electron chi connectivity index (χ0n) is 14.2. The van der Waals surface area contributed by atoms with Crippen molar-refractivity contribution in [1.29, 1.82) is 0 Å². The average Bonchev–Trinajstić information content (AvgIpc) is 2.94. The van der Waals surface area contributed by atoms with Crippen LogP contribution in [-0.2, 0) is 13.6 Å². The van der Waals surface area contributed by atoms with Crippen molar-refractivity contribution in [1.82, 2.24) is 9.78 Å². The van der Waals surface area contributed by atoms with Crippen molar-refractivity contribution in [2.45, 2.75) is 6.54 Å². The molecule has 0 amide bonds. The van der Waals surface area contributed by atoms with Crippen molar-refractivity contribution in [2.75, 3.05) is 5.73 Å². The largest absolute Gasteiger partial charge is 1.00 e. The van der Waals surface area contributed by atoms with E-state index in [1.54, 1.807) is 4.68 Å². The summed E-state index contributed by atoms with van der Waals surface area (Å²) in [6.07, 6.45) is 5.41. The Bertz CT molecular complexity index is 1000. The number of nitro groups is 1. The molecule has 11 heteroatoms. The number of anilines is 1. The molecule has 2 N–H and O–H groups in total. The Morgan fingerprint density at radius 1 is 1.33 bits per heavy atom. The second-order valence-electron chi connectivity index (χ2n) is 5.54. The Morgan fingerprint density at radius 3 is 2.74 bits per heavy atom. The number of aryl methyl sites for hydroxylation is 1. The first-order chi connectivity index (χ1) is 12.4. The van der Waals surface area contributed by atoms with Crippen LogP contribution in [0.25, 0.3) is 0 Å². The number of non-ortho nitro benzene ring substituents is 1. The number of halogens is 2. The van der Waals surface area contributed by atoms with Gasteiger partial charge < -0.3 is 18.1 Å². The van der Waals surface area contributed by atoms with Gasteiger partial charge in [-0.25, -0.2) is 9.25 Å². The van der Waals surface area contributed by atoms with E-state index in [1.807, 2.05) is 36.1 Å². The van der Waals surface area contributed by atoms with Gasteiger partial charge in [-0.15, -0.1) is 10.2 Å². The molecule has 9 nitrogen and oxygen atoms in total. The van der Waals surface area contributed by atoms with E-state index < -0.39 is 4.92 Å². The van der Waals surface area contributed by atoms with Crippen molar-refractivity contribution >= 4 is 34.5 Å². The maximum absolute atomic E-state index is 10.7. The lowest BCUT2D eigenvalue weighted by Gasteiger charge is -2.03. The molecule has 0 atom stereocenters. The molecule has 2 aromatic heterocycles. The minimum atomic E-state index is -0.529. The molecule has 140 valence electrons. The van der Waals surface area contributed by atoms with Crippen LogP contribution in [0.15, 0.2) is 59.2 Å². The summed E-state index contributed by atoms with van der Waals surface area (Å²) >= 11 is 5.99. The second kappa shape index (κ2) is 8.56. The fourth-order valence-electron chi connectivity index (χ4n) is 2.30. The number of nitrogens with two attached hydrogens (primary N) is 1. The van der Waals surface area contributed by atoms with Crippen LogP contribution in [-0.4, -0.2) is 14.7 Å². The molecule has 27 heavy (non-hydrogen) atoms. The Balaban J connectivity index is 0.00000261. The monoisotopic (exact) mass is 407 g/mol. The van der Waals surface area contributed by atoms with Crippen LogP contribution in [0.2, 0.25) is 5.02 Å². The maximum atomic E-state index is 10.7. The molecule has 0 aliphatic carbocycles. The van der Waals surface area contributed by atoms with Gasteiger partial charge in [-0.3, -0.25) is 10.1 Å². The SMILES string of the molecule is C[n+]1cccc(Cn2ncc(/N=N/c3ccc([N+](=O)[O-])cc3Cl)c2N)c1.[Cl-]. The molecular formula is C16H15Cl2N7O2. The van der Waals surface area contributed by atoms with Crippen LogP contribution in [0.5, 0.6) is 0 Å². The van der Waals surface area contributed by atoms with E-state index in [2.05, 4.69) is 15.3 Å². The summed E-state index contributed by atoms with van der Waals surface area (Å²) < 4.78 is 3.55. The average molecular weight is 408 g/mol. The molecule has 0 radical (unpaired) electrons. The second-order valence-corrected chi connectivity index (χ2v) is 5.95. The van der Waals surface area contributed by atoms with E-state index in [-0.39, 0.29) is 23.1 Å². The minimum absolute atomic E-state index is 0. The Morgan fingerprint density at radius 2 is 2.07 bits per heavy atom. The summed E-state index contributed by atoms with van der Waals surface area (Å²) in [5.74, 6) is 0.360. The van der Waals surface area contributed by atoms with E-state index in [1.165, 1.54) is 24.4 Å². The number of benzene rings is 1. The lowest BCUT2D eigenvalue weighted by Crippen LogP contribution is -3.00. The van der Waals surface area contributed by atoms with Gasteiger partial charge in [0.1, 0.15) is 24.2 Å². The lowest BCUT2D eigenvalue weighted by molar-refractivity contribution is -0.671. The molecule has 2 heterocycles. The van der Waals surface area contributed by atoms with Gasteiger partial charge in [-0.1, -0.05) is 11.6 Å². The highest BCUT2D eigenvalue weighted by Crippen LogP contribution is 2.31. The third-order valence-electron chi connectivity index (χ3n) is 3.60. The molecule has 0 saturated carbocycles. The zero-order valence-corrected chi connectivity index (χ0v) is 15.7. The Hall–Kier alpha value is -3.04. The van der Waals surface area contributed by atoms with Crippen LogP contribution in [0.4, 0.5) is 22.9 Å². The molecular weight excluding hydrogens is 393 g/mol. The Labute approximate surface area is 165 Å². The Kier molecular flexibility index (Phi) is 6.43. The fraction of sp³-hybridized carbons (Fsp3) is 0.125. The zero-order chi connectivity index (χ0) is 18.7. The molecule has 0 saturated heterocycles. The molecule has 0 bridgehead atoms. The first-order valence-electron chi connectivity index (χ1n) is 7.55. The van der Waals surface area contributed by atoms with Gasteiger partial charge in [-0.2, -0.15) is 5.10 Å². The van der Waals surface area contributed by atoms with E-state index in [0.717, 1.165) is 5.56 Å². The van der Waals surface area contributed by atoms with E-state index in [0.29, 0.717) is 23.7 Å². The number of nitro benzene ring substituents is 1. The van der Waals surface area contributed by atoms with Crippen molar-refractivity contribution in [2.24, 2.45) is 17.3 Å². The predicted octanol–water partition coefficient (Wildman–Crippen LogP) is 0.319. The minimum Gasteiger partial charge on any atom is -1.00 e. The standard InChI is InChI=1S/C16H15ClN7O2.ClH/c1-22-6-2-3-11(9-22)10-23-16(18)15(8-19-23)21-20-14-5-4-12(24(25)26)7-13(14)17;/h2-9H,10,18H2,1H3;1H/q+1;/p-1/b21-20+;. The van der Waals surface area contributed by atoms with E-state index >= 15 is 0 Å². The third kappa shape index (κ3) is 4.78. The molecule has 0 fully saturated rings. The topological polar surface area (TPSA) is 116 Å². The molecule has 1 aromatic carbocycles. The predicted molar refractivity (Wildman–Crippen MR) is 95.6 cm³/mol. The van der Waals surface area contributed by atoms with Crippen molar-refractivity contribution in [3.05, 3.63) is 69.6 Å². The maximum Gasteiger partial charge on any atom is 0.271 e. The highest BCUT2D eigenvalue weighted by molar-refractivity contribution is 6.33. The van der Waals surface area contributed by atoms with Crippen LogP contribution < -0.4 is 22.7 Å². The van der Waals surface area contributed by atoms with Crippen molar-refractivity contribution < 1.29 is 21.9 Å². The molecule has 0 aliphatic heterocycles. The number of pyridine rings is 1. The summed E-state index contributed by atoms with van der Waals surface area (Å²) in [5, 5.41) is 23.1. The first-order valence-corrected chi connectivity index (χ1v) is 7.93. The molecule has 0 aliphatic rings. The summed E-state index contributed by atoms with van der Waals surface area (Å²) in [7, 11) is 1.93. The normalized spacial score (nSPS) is 10.7. The summed E-state index contributed by atoms with van der Waals surface area (Å²) in [6, 6.07) is 7.86. The number of hydrogen-bond donors (Lipinski definition) is 1. The van der Waals surface area contributed by atoms with Crippen LogP contribution >= 0.6 is 11.6 Å². The van der Waals surface area contributed by atoms with Crippen LogP contribution in [0.3, 0.4) is 0 Å². The summed E-state index contributed by atoms with van der Waals surface area (Å²) in [5.41, 5.74) is 7.69. The summed E-state index contributed by atoms with van der Waals surface area (Å²) in [4.78, 5) is 10.2. The molecule has 3 rings (SSSR count). The molecule has 0 spiro atoms. The van der Waals surface area contributed by atoms with Gasteiger partial charge in [0.15, 0.2) is 12.4 Å². The fourth-order valence-corrected chi connectivity index (χ4v) is 2.52. The number of aromatic nitrogens is 3. The number of azo groups is 1. The van der Waals surface area contributed by atoms with Gasteiger partial charge in [0, 0.05) is 23.8 Å². The number of nitrogens with zero attached hydrogens (tertiary/aromatic N) is 6. The first kappa shape index (κ1) is 20.3. The highest BCUT2D eigenvalue weighted by atomic mass is 35.5. The number of rotatable bonds is 5. The quantitative estimate of drug-likeness (QED) is 0.283. The number of hydrogen-bond acceptors (Lipinski definition) is 6. The van der Waals surface area contributed by atoms with Gasteiger partial charge in [0.25, 0.3) is 5.69 Å². The van der Waals surface area contributed by atoms with Gasteiger partial charge in [0.2, 0.25) is 0 Å². The highest BCUT2D eigenvalue weighted by Gasteiger charge is 2.11. The smallest absolute Gasteiger partial charge is 0.271 e. The lowest BCUT2D eigenvalue weighted by atomic mass is 10.3. The van der Waals surface area contributed by atoms with E-state index in [4.69, 9.17) is 17.3 Å². The van der Waals surface area contributed by atoms with Crippen molar-refractivity contribution in [3.8, 4) is 0 Å². The van der Waals surface area contributed by atoms with Gasteiger partial charge >= 0.3 is 0 Å². The van der Waals surface area contributed by atoms with Crippen LogP contribution in [0.1, 0.15) is 5.56 Å². The summed E-state index contributed by atoms with van der Waals surface area (Å²) in [6.45, 7) is 0.494. The molecule has 3 aromatic rings. The van der Waals surface area contributed by atoms with Gasteiger partial charge in [0.05, 0.1) is 22.7 Å². The molecule has 0 unspecified atom stereocenters. The van der Waals surface area contributed by atoms with Crippen LogP contribution in [0, 0.1) is 10.1 Å². The van der Waals surface area contributed by atoms with E-state index in [9.17, 15) is 10.1 Å². The number of nitrogen functional groups attached to an aromatic ring is 1. The van der Waals surface area contributed by atoms with Gasteiger partial charge in [-0.05, 0) is 12.1 Å². The van der Waals surface area contributed by atoms with Crippen molar-refractivity contribution in [3.63, 3.8) is 0 Å². The third-order valence-corrected chi connectivity index (χ3v) is 3.90.